The summed E-state index contributed by atoms with van der Waals surface area (Å²) in [6, 6.07) is 11.8. The molecule has 1 fully saturated rings. The molecule has 0 unspecified atom stereocenters. The second-order valence-corrected chi connectivity index (χ2v) is 8.19. The van der Waals surface area contributed by atoms with E-state index in [-0.39, 0.29) is 17.6 Å². The van der Waals surface area contributed by atoms with Gasteiger partial charge in [-0.3, -0.25) is 14.5 Å². The number of nitrogens with one attached hydrogen (secondary N) is 2. The standard InChI is InChI=1S/C25H30FN3O4/c1-17-9-6-7-14-21(17)23(24(31)28-19-11-4-3-5-12-19)29(20-13-8-10-18(26)15-20)22(30)16-27-25(32)33-2/h6-10,13-15,19,23H,3-5,11-12,16H2,1-2H3,(H,27,32)(H,28,31)/t23-/m0/s1. The molecule has 2 N–H and O–H groups in total. The largest absolute Gasteiger partial charge is 0.453 e. The number of ether oxygens (including phenoxy) is 1. The number of methoxy groups -OCH3 is 1. The zero-order valence-electron chi connectivity index (χ0n) is 19.0. The number of anilines is 1. The molecule has 0 saturated heterocycles. The number of aryl methyl sites for hydroxylation is 1. The highest BCUT2D eigenvalue weighted by Crippen LogP contribution is 2.31. The smallest absolute Gasteiger partial charge is 0.407 e. The zero-order valence-corrected chi connectivity index (χ0v) is 19.0. The van der Waals surface area contributed by atoms with Crippen LogP contribution in [-0.4, -0.2) is 37.6 Å². The van der Waals surface area contributed by atoms with Crippen molar-refractivity contribution in [3.05, 3.63) is 65.5 Å². The van der Waals surface area contributed by atoms with Crippen LogP contribution in [0, 0.1) is 12.7 Å². The molecule has 8 heteroatoms. The van der Waals surface area contributed by atoms with E-state index in [2.05, 4.69) is 15.4 Å². The maximum Gasteiger partial charge on any atom is 0.407 e. The summed E-state index contributed by atoms with van der Waals surface area (Å²) in [4.78, 5) is 39.8. The van der Waals surface area contributed by atoms with Gasteiger partial charge >= 0.3 is 6.09 Å². The van der Waals surface area contributed by atoms with Crippen LogP contribution in [-0.2, 0) is 14.3 Å². The molecular formula is C25H30FN3O4. The van der Waals surface area contributed by atoms with Crippen LogP contribution in [0.15, 0.2) is 48.5 Å². The first-order valence-electron chi connectivity index (χ1n) is 11.2. The number of carbonyl (C=O) groups is 3. The normalized spacial score (nSPS) is 14.8. The third-order valence-electron chi connectivity index (χ3n) is 5.87. The lowest BCUT2D eigenvalue weighted by molar-refractivity contribution is -0.127. The van der Waals surface area contributed by atoms with Crippen LogP contribution in [0.3, 0.4) is 0 Å². The Morgan fingerprint density at radius 3 is 2.48 bits per heavy atom. The molecule has 0 heterocycles. The van der Waals surface area contributed by atoms with E-state index in [0.717, 1.165) is 37.7 Å². The lowest BCUT2D eigenvalue weighted by atomic mass is 9.93. The fourth-order valence-electron chi connectivity index (χ4n) is 4.19. The van der Waals surface area contributed by atoms with E-state index in [9.17, 15) is 18.8 Å². The molecule has 0 aliphatic heterocycles. The third-order valence-corrected chi connectivity index (χ3v) is 5.87. The first kappa shape index (κ1) is 24.2. The molecule has 0 bridgehead atoms. The van der Waals surface area contributed by atoms with Crippen molar-refractivity contribution in [3.8, 4) is 0 Å². The zero-order chi connectivity index (χ0) is 23.8. The minimum absolute atomic E-state index is 0.0235. The molecule has 33 heavy (non-hydrogen) atoms. The monoisotopic (exact) mass is 455 g/mol. The van der Waals surface area contributed by atoms with Gasteiger partial charge < -0.3 is 15.4 Å². The molecule has 1 aliphatic carbocycles. The predicted octanol–water partition coefficient (Wildman–Crippen LogP) is 4.01. The van der Waals surface area contributed by atoms with Crippen LogP contribution in [0.1, 0.15) is 49.3 Å². The van der Waals surface area contributed by atoms with Gasteiger partial charge in [-0.15, -0.1) is 0 Å². The second kappa shape index (κ2) is 11.4. The Balaban J connectivity index is 2.03. The predicted molar refractivity (Wildman–Crippen MR) is 123 cm³/mol. The van der Waals surface area contributed by atoms with Crippen LogP contribution >= 0.6 is 0 Å². The molecule has 2 aromatic rings. The molecule has 0 spiro atoms. The fraction of sp³-hybridized carbons (Fsp3) is 0.400. The Bertz CT molecular complexity index is 991. The molecule has 3 amide bonds. The van der Waals surface area contributed by atoms with Gasteiger partial charge in [0.05, 0.1) is 7.11 Å². The number of halogens is 1. The molecule has 1 aliphatic rings. The summed E-state index contributed by atoms with van der Waals surface area (Å²) in [6.45, 7) is 1.44. The molecule has 0 aromatic heterocycles. The van der Waals surface area contributed by atoms with Crippen LogP contribution in [0.2, 0.25) is 0 Å². The summed E-state index contributed by atoms with van der Waals surface area (Å²) in [7, 11) is 1.19. The highest BCUT2D eigenvalue weighted by Gasteiger charge is 2.35. The Morgan fingerprint density at radius 1 is 1.09 bits per heavy atom. The average Bonchev–Trinajstić information content (AvgIpc) is 2.82. The van der Waals surface area contributed by atoms with Gasteiger partial charge in [0, 0.05) is 11.7 Å². The maximum atomic E-state index is 14.2. The third kappa shape index (κ3) is 6.31. The Kier molecular flexibility index (Phi) is 8.40. The van der Waals surface area contributed by atoms with Gasteiger partial charge in [0.2, 0.25) is 11.8 Å². The van der Waals surface area contributed by atoms with E-state index in [1.807, 2.05) is 19.1 Å². The second-order valence-electron chi connectivity index (χ2n) is 8.19. The van der Waals surface area contributed by atoms with Gasteiger partial charge in [-0.1, -0.05) is 49.6 Å². The van der Waals surface area contributed by atoms with Crippen molar-refractivity contribution in [3.63, 3.8) is 0 Å². The molecule has 2 aromatic carbocycles. The van der Waals surface area contributed by atoms with Crippen molar-refractivity contribution in [2.24, 2.45) is 0 Å². The summed E-state index contributed by atoms with van der Waals surface area (Å²) in [5.41, 5.74) is 1.66. The van der Waals surface area contributed by atoms with Gasteiger partial charge in [0.15, 0.2) is 0 Å². The topological polar surface area (TPSA) is 87.7 Å². The molecule has 7 nitrogen and oxygen atoms in total. The van der Waals surface area contributed by atoms with Crippen LogP contribution < -0.4 is 15.5 Å². The SMILES string of the molecule is COC(=O)NCC(=O)N(c1cccc(F)c1)[C@H](C(=O)NC1CCCCC1)c1ccccc1C. The highest BCUT2D eigenvalue weighted by molar-refractivity contribution is 6.03. The van der Waals surface area contributed by atoms with Crippen molar-refractivity contribution in [2.75, 3.05) is 18.6 Å². The van der Waals surface area contributed by atoms with E-state index < -0.39 is 30.4 Å². The maximum absolute atomic E-state index is 14.2. The number of nitrogens with zero attached hydrogens (tertiary/aromatic N) is 1. The number of hydrogen-bond donors (Lipinski definition) is 2. The van der Waals surface area contributed by atoms with Crippen molar-refractivity contribution in [2.45, 2.75) is 51.1 Å². The highest BCUT2D eigenvalue weighted by atomic mass is 19.1. The van der Waals surface area contributed by atoms with Crippen LogP contribution in [0.4, 0.5) is 14.9 Å². The van der Waals surface area contributed by atoms with Crippen LogP contribution in [0.25, 0.3) is 0 Å². The molecule has 1 atom stereocenters. The summed E-state index contributed by atoms with van der Waals surface area (Å²) in [5.74, 6) is -1.45. The minimum atomic E-state index is -1.04. The summed E-state index contributed by atoms with van der Waals surface area (Å²) >= 11 is 0. The quantitative estimate of drug-likeness (QED) is 0.660. The molecule has 1 saturated carbocycles. The van der Waals surface area contributed by atoms with E-state index in [0.29, 0.717) is 5.56 Å². The molecular weight excluding hydrogens is 425 g/mol. The van der Waals surface area contributed by atoms with Gasteiger partial charge in [-0.25, -0.2) is 9.18 Å². The Morgan fingerprint density at radius 2 is 1.82 bits per heavy atom. The lowest BCUT2D eigenvalue weighted by Gasteiger charge is -2.34. The van der Waals surface area contributed by atoms with Gasteiger partial charge in [-0.05, 0) is 49.1 Å². The molecule has 176 valence electrons. The molecule has 3 rings (SSSR count). The van der Waals surface area contributed by atoms with Gasteiger partial charge in [0.25, 0.3) is 0 Å². The number of benzene rings is 2. The first-order valence-corrected chi connectivity index (χ1v) is 11.2. The number of rotatable bonds is 7. The lowest BCUT2D eigenvalue weighted by Crippen LogP contribution is -2.50. The summed E-state index contributed by atoms with van der Waals surface area (Å²) in [6.07, 6.45) is 4.20. The average molecular weight is 456 g/mol. The van der Waals surface area contributed by atoms with Crippen molar-refractivity contribution < 1.29 is 23.5 Å². The fourth-order valence-corrected chi connectivity index (χ4v) is 4.19. The summed E-state index contributed by atoms with van der Waals surface area (Å²) < 4.78 is 18.7. The van der Waals surface area contributed by atoms with E-state index in [4.69, 9.17) is 0 Å². The number of amides is 3. The minimum Gasteiger partial charge on any atom is -0.453 e. The van der Waals surface area contributed by atoms with E-state index in [1.165, 1.54) is 30.2 Å². The summed E-state index contributed by atoms with van der Waals surface area (Å²) in [5, 5.41) is 5.46. The number of carbonyl (C=O) groups excluding carboxylic acids is 3. The first-order chi connectivity index (χ1) is 15.9. The van der Waals surface area contributed by atoms with Crippen LogP contribution in [0.5, 0.6) is 0 Å². The van der Waals surface area contributed by atoms with Crippen molar-refractivity contribution in [1.29, 1.82) is 0 Å². The number of alkyl carbamates (subject to hydrolysis) is 1. The Labute approximate surface area is 193 Å². The van der Waals surface area contributed by atoms with E-state index in [1.54, 1.807) is 18.2 Å². The van der Waals surface area contributed by atoms with Gasteiger partial charge in [0.1, 0.15) is 18.4 Å². The number of hydrogen-bond acceptors (Lipinski definition) is 4. The van der Waals surface area contributed by atoms with E-state index >= 15 is 0 Å². The molecule has 0 radical (unpaired) electrons. The Hall–Kier alpha value is -3.42. The van der Waals surface area contributed by atoms with Gasteiger partial charge in [-0.2, -0.15) is 0 Å². The van der Waals surface area contributed by atoms with Crippen molar-refractivity contribution >= 4 is 23.6 Å². The van der Waals surface area contributed by atoms with Crippen molar-refractivity contribution in [1.82, 2.24) is 10.6 Å².